The number of carboxylic acid groups (broad SMARTS) is 1. The van der Waals surface area contributed by atoms with Crippen LogP contribution in [0.3, 0.4) is 0 Å². The van der Waals surface area contributed by atoms with E-state index in [4.69, 9.17) is 23.2 Å². The summed E-state index contributed by atoms with van der Waals surface area (Å²) >= 11 is 12.4. The van der Waals surface area contributed by atoms with Gasteiger partial charge in [-0.2, -0.15) is 0 Å². The summed E-state index contributed by atoms with van der Waals surface area (Å²) in [6.07, 6.45) is 4.81. The molecule has 0 spiro atoms. The van der Waals surface area contributed by atoms with Crippen LogP contribution < -0.4 is 5.32 Å². The number of amides is 1. The maximum absolute atomic E-state index is 14.1. The molecule has 1 amide bonds. The molecule has 0 unspecified atom stereocenters. The van der Waals surface area contributed by atoms with Crippen molar-refractivity contribution in [1.29, 1.82) is 0 Å². The third-order valence-electron chi connectivity index (χ3n) is 7.80. The first-order valence-corrected chi connectivity index (χ1v) is 13.6. The second-order valence-electron chi connectivity index (χ2n) is 11.3. The van der Waals surface area contributed by atoms with Gasteiger partial charge in [0.05, 0.1) is 16.1 Å². The molecule has 2 fully saturated rings. The molecule has 1 aliphatic carbocycles. The van der Waals surface area contributed by atoms with E-state index in [0.717, 1.165) is 43.2 Å². The van der Waals surface area contributed by atoms with Gasteiger partial charge < -0.3 is 15.3 Å². The van der Waals surface area contributed by atoms with Crippen LogP contribution >= 0.6 is 23.2 Å². The molecule has 1 aliphatic heterocycles. The number of hydrogen-bond acceptors (Lipinski definition) is 3. The Kier molecular flexibility index (Phi) is 8.33. The van der Waals surface area contributed by atoms with Crippen LogP contribution in [0.1, 0.15) is 70.0 Å². The average molecular weight is 532 g/mol. The first kappa shape index (κ1) is 27.0. The number of nitrogens with one attached hydrogen (secondary N) is 1. The smallest absolute Gasteiger partial charge is 0.326 e. The molecule has 194 valence electrons. The van der Waals surface area contributed by atoms with Gasteiger partial charge in [-0.05, 0) is 41.5 Å². The molecule has 2 N–H and O–H groups in total. The van der Waals surface area contributed by atoms with Gasteiger partial charge in [0.2, 0.25) is 5.91 Å². The van der Waals surface area contributed by atoms with Gasteiger partial charge in [0, 0.05) is 24.4 Å². The minimum absolute atomic E-state index is 0.0240. The lowest BCUT2D eigenvalue weighted by Gasteiger charge is -2.36. The highest BCUT2D eigenvalue weighted by molar-refractivity contribution is 6.42. The highest BCUT2D eigenvalue weighted by Gasteiger charge is 2.58. The molecule has 0 bridgehead atoms. The van der Waals surface area contributed by atoms with E-state index in [1.165, 1.54) is 0 Å². The van der Waals surface area contributed by atoms with Crippen molar-refractivity contribution in [3.63, 3.8) is 0 Å². The summed E-state index contributed by atoms with van der Waals surface area (Å²) in [4.78, 5) is 28.7. The van der Waals surface area contributed by atoms with Gasteiger partial charge in [0.15, 0.2) is 0 Å². The Morgan fingerprint density at radius 3 is 2.25 bits per heavy atom. The van der Waals surface area contributed by atoms with E-state index < -0.39 is 18.1 Å². The van der Waals surface area contributed by atoms with Gasteiger partial charge >= 0.3 is 5.97 Å². The van der Waals surface area contributed by atoms with Gasteiger partial charge in [-0.3, -0.25) is 4.79 Å². The molecule has 2 aliphatic rings. The second kappa shape index (κ2) is 11.1. The van der Waals surface area contributed by atoms with Crippen molar-refractivity contribution >= 4 is 35.1 Å². The number of rotatable bonds is 6. The first-order chi connectivity index (χ1) is 17.1. The monoisotopic (exact) mass is 530 g/mol. The minimum Gasteiger partial charge on any atom is -0.480 e. The third-order valence-corrected chi connectivity index (χ3v) is 8.53. The molecular weight excluding hydrogens is 495 g/mol. The zero-order valence-corrected chi connectivity index (χ0v) is 22.7. The fourth-order valence-electron chi connectivity index (χ4n) is 6.17. The van der Waals surface area contributed by atoms with Crippen molar-refractivity contribution < 1.29 is 14.7 Å². The van der Waals surface area contributed by atoms with E-state index in [2.05, 4.69) is 26.1 Å². The molecule has 4 atom stereocenters. The summed E-state index contributed by atoms with van der Waals surface area (Å²) in [6.45, 7) is 6.68. The van der Waals surface area contributed by atoms with Crippen molar-refractivity contribution in [3.8, 4) is 0 Å². The normalized spacial score (nSPS) is 25.2. The number of aliphatic carboxylic acids is 1. The van der Waals surface area contributed by atoms with Crippen molar-refractivity contribution in [1.82, 2.24) is 10.2 Å². The number of nitrogens with zero attached hydrogens (tertiary/aromatic N) is 1. The average Bonchev–Trinajstić information content (AvgIpc) is 3.21. The highest BCUT2D eigenvalue weighted by atomic mass is 35.5. The largest absolute Gasteiger partial charge is 0.480 e. The van der Waals surface area contributed by atoms with Gasteiger partial charge in [-0.15, -0.1) is 0 Å². The Morgan fingerprint density at radius 2 is 1.67 bits per heavy atom. The summed E-state index contributed by atoms with van der Waals surface area (Å²) in [7, 11) is 0. The highest BCUT2D eigenvalue weighted by Crippen LogP contribution is 2.49. The third kappa shape index (κ3) is 5.58. The zero-order chi connectivity index (χ0) is 26.0. The lowest BCUT2D eigenvalue weighted by Crippen LogP contribution is -2.49. The van der Waals surface area contributed by atoms with Crippen LogP contribution in [0.2, 0.25) is 10.0 Å². The van der Waals surface area contributed by atoms with E-state index in [-0.39, 0.29) is 29.2 Å². The molecule has 2 aromatic rings. The Balaban J connectivity index is 1.78. The number of halogens is 2. The number of carbonyl (C=O) groups excluding carboxylic acids is 1. The summed E-state index contributed by atoms with van der Waals surface area (Å²) in [5.41, 5.74) is 1.53. The number of likely N-dealkylation sites (tertiary alicyclic amines) is 1. The predicted octanol–water partition coefficient (Wildman–Crippen LogP) is 6.73. The van der Waals surface area contributed by atoms with E-state index in [1.807, 2.05) is 42.5 Å². The molecule has 1 saturated heterocycles. The number of hydrogen-bond donors (Lipinski definition) is 2. The number of carboxylic acids is 1. The van der Waals surface area contributed by atoms with Crippen LogP contribution in [-0.4, -0.2) is 34.0 Å². The molecule has 2 aromatic carbocycles. The van der Waals surface area contributed by atoms with E-state index in [9.17, 15) is 14.7 Å². The Bertz CT molecular complexity index is 1080. The maximum atomic E-state index is 14.1. The second-order valence-corrected chi connectivity index (χ2v) is 12.1. The van der Waals surface area contributed by atoms with Crippen LogP contribution in [0.15, 0.2) is 48.5 Å². The molecule has 36 heavy (non-hydrogen) atoms. The van der Waals surface area contributed by atoms with Crippen LogP contribution in [0.5, 0.6) is 0 Å². The van der Waals surface area contributed by atoms with Gasteiger partial charge in [-0.25, -0.2) is 4.79 Å². The molecule has 7 heteroatoms. The van der Waals surface area contributed by atoms with Crippen molar-refractivity contribution in [3.05, 3.63) is 69.7 Å². The van der Waals surface area contributed by atoms with Gasteiger partial charge in [0.1, 0.15) is 6.04 Å². The van der Waals surface area contributed by atoms with Crippen LogP contribution in [0.4, 0.5) is 0 Å². The fraction of sp³-hybridized carbons (Fsp3) is 0.517. The molecule has 1 heterocycles. The van der Waals surface area contributed by atoms with Gasteiger partial charge in [-0.1, -0.05) is 99.6 Å². The fourth-order valence-corrected chi connectivity index (χ4v) is 6.49. The maximum Gasteiger partial charge on any atom is 0.326 e. The van der Waals surface area contributed by atoms with E-state index >= 15 is 0 Å². The molecule has 0 radical (unpaired) electrons. The molecule has 0 aromatic heterocycles. The summed E-state index contributed by atoms with van der Waals surface area (Å²) in [5, 5.41) is 15.2. The van der Waals surface area contributed by atoms with Crippen LogP contribution in [0.25, 0.3) is 0 Å². The first-order valence-electron chi connectivity index (χ1n) is 12.9. The number of carbonyl (C=O) groups is 2. The zero-order valence-electron chi connectivity index (χ0n) is 21.2. The quantitative estimate of drug-likeness (QED) is 0.434. The van der Waals surface area contributed by atoms with E-state index in [0.29, 0.717) is 16.6 Å². The molecule has 4 rings (SSSR count). The number of benzene rings is 2. The topological polar surface area (TPSA) is 69.6 Å². The summed E-state index contributed by atoms with van der Waals surface area (Å²) in [6, 6.07) is 13.8. The minimum atomic E-state index is -0.946. The molecular formula is C29H36Cl2N2O3. The van der Waals surface area contributed by atoms with E-state index in [1.54, 1.807) is 11.0 Å². The Labute approximate surface area is 224 Å². The Morgan fingerprint density at radius 1 is 1.00 bits per heavy atom. The lowest BCUT2D eigenvalue weighted by atomic mass is 9.72. The SMILES string of the molecule is CC(C)(C)[C@H]1[C@H](NCc2ccc(Cl)c(Cl)c2)[C@H](c2ccccc2)N(C(=O)C2CCCCC2)[C@@H]1C(=O)O. The molecule has 5 nitrogen and oxygen atoms in total. The van der Waals surface area contributed by atoms with Gasteiger partial charge in [0.25, 0.3) is 0 Å². The summed E-state index contributed by atoms with van der Waals surface area (Å²) < 4.78 is 0. The summed E-state index contributed by atoms with van der Waals surface area (Å²) in [5.74, 6) is -1.40. The lowest BCUT2D eigenvalue weighted by molar-refractivity contribution is -0.154. The molecule has 1 saturated carbocycles. The van der Waals surface area contributed by atoms with Crippen molar-refractivity contribution in [2.45, 2.75) is 77.5 Å². The predicted molar refractivity (Wildman–Crippen MR) is 144 cm³/mol. The standard InChI is InChI=1S/C29H36Cl2N2O3/c1-29(2,3)23-24(32-17-18-14-15-21(30)22(31)16-18)25(19-10-6-4-7-11-19)33(26(23)28(35)36)27(34)20-12-8-5-9-13-20/h4,6-7,10-11,14-16,20,23-26,32H,5,8-9,12-13,17H2,1-3H3,(H,35,36)/t23-,24-,25-,26-/m0/s1. The van der Waals surface area contributed by atoms with Crippen LogP contribution in [-0.2, 0) is 16.1 Å². The van der Waals surface area contributed by atoms with Crippen molar-refractivity contribution in [2.75, 3.05) is 0 Å². The van der Waals surface area contributed by atoms with Crippen molar-refractivity contribution in [2.24, 2.45) is 17.3 Å². The Hall–Kier alpha value is -2.08. The van der Waals surface area contributed by atoms with Crippen LogP contribution in [0, 0.1) is 17.3 Å².